The Morgan fingerprint density at radius 3 is 2.50 bits per heavy atom. The second kappa shape index (κ2) is 10.0. The Bertz CT molecular complexity index is 1100. The van der Waals surface area contributed by atoms with Gasteiger partial charge in [-0.05, 0) is 54.7 Å². The number of carbonyl (C=O) groups excluding carboxylic acids is 1. The number of rotatable bonds is 6. The van der Waals surface area contributed by atoms with E-state index >= 15 is 0 Å². The minimum absolute atomic E-state index is 0. The number of carboxylic acids is 1. The molecule has 0 amide bonds. The molecule has 4 nitrogen and oxygen atoms in total. The van der Waals surface area contributed by atoms with Gasteiger partial charge in [0.25, 0.3) is 0 Å². The van der Waals surface area contributed by atoms with Crippen LogP contribution in [0.3, 0.4) is 0 Å². The average molecular weight is 411 g/mol. The van der Waals surface area contributed by atoms with Crippen LogP contribution in [0.1, 0.15) is 46.6 Å². The van der Waals surface area contributed by atoms with Crippen LogP contribution in [0.4, 0.5) is 4.39 Å². The largest absolute Gasteiger partial charge is 1.00 e. The fraction of sp³-hybridized carbons (Fsp3) is 0.167. The van der Waals surface area contributed by atoms with Crippen molar-refractivity contribution in [3.8, 4) is 5.75 Å². The molecule has 0 bridgehead atoms. The first kappa shape index (κ1) is 22.2. The first-order valence-corrected chi connectivity index (χ1v) is 9.50. The summed E-state index contributed by atoms with van der Waals surface area (Å²) < 4.78 is 19.9. The number of carboxylic acid groups (broad SMARTS) is 1. The third kappa shape index (κ3) is 4.81. The monoisotopic (exact) mass is 411 g/mol. The molecule has 0 unspecified atom stereocenters. The van der Waals surface area contributed by atoms with E-state index in [4.69, 9.17) is 4.74 Å². The van der Waals surface area contributed by atoms with Crippen LogP contribution < -0.4 is 39.4 Å². The standard InChI is InChI=1S/C24H20FNO3.Na/c25-20-11-3-1-7-16(20)15-29-23-14-4-2-8-19(23)17-9-5-10-18(17)21-12-6-13-22(26-21)24(27)28;/h1-4,6-8,11-14H,5,9-10,15H2,(H,27,28);/q;+1/p-1. The third-order valence-corrected chi connectivity index (χ3v) is 5.04. The normalized spacial score (nSPS) is 13.1. The molecule has 0 aliphatic heterocycles. The van der Waals surface area contributed by atoms with Crippen molar-refractivity contribution in [2.24, 2.45) is 0 Å². The zero-order chi connectivity index (χ0) is 20.2. The Labute approximate surface area is 196 Å². The molecule has 0 spiro atoms. The summed E-state index contributed by atoms with van der Waals surface area (Å²) in [5.74, 6) is -0.920. The number of nitrogens with zero attached hydrogens (tertiary/aromatic N) is 1. The maximum absolute atomic E-state index is 13.9. The van der Waals surface area contributed by atoms with Crippen LogP contribution in [0.15, 0.2) is 66.7 Å². The van der Waals surface area contributed by atoms with Crippen LogP contribution in [0.25, 0.3) is 11.1 Å². The second-order valence-corrected chi connectivity index (χ2v) is 6.88. The van der Waals surface area contributed by atoms with Gasteiger partial charge in [-0.2, -0.15) is 0 Å². The van der Waals surface area contributed by atoms with Crippen LogP contribution in [0.5, 0.6) is 5.75 Å². The predicted molar refractivity (Wildman–Crippen MR) is 106 cm³/mol. The molecule has 4 rings (SSSR count). The Morgan fingerprint density at radius 2 is 1.70 bits per heavy atom. The fourth-order valence-electron chi connectivity index (χ4n) is 3.65. The maximum Gasteiger partial charge on any atom is 1.00 e. The number of aromatic carboxylic acids is 1. The van der Waals surface area contributed by atoms with Crippen molar-refractivity contribution in [1.82, 2.24) is 4.98 Å². The van der Waals surface area contributed by atoms with Crippen LogP contribution in [0.2, 0.25) is 0 Å². The van der Waals surface area contributed by atoms with Gasteiger partial charge in [-0.3, -0.25) is 0 Å². The number of allylic oxidation sites excluding steroid dienone is 2. The molecule has 6 heteroatoms. The van der Waals surface area contributed by atoms with E-state index in [1.165, 1.54) is 12.1 Å². The Morgan fingerprint density at radius 1 is 0.967 bits per heavy atom. The van der Waals surface area contributed by atoms with Gasteiger partial charge in [-0.25, -0.2) is 9.37 Å². The minimum atomic E-state index is -1.29. The minimum Gasteiger partial charge on any atom is -0.543 e. The Kier molecular flexibility index (Phi) is 7.43. The molecule has 1 aromatic heterocycles. The molecular weight excluding hydrogens is 392 g/mol. The number of hydrogen-bond acceptors (Lipinski definition) is 4. The van der Waals surface area contributed by atoms with Gasteiger partial charge in [0.2, 0.25) is 0 Å². The molecule has 30 heavy (non-hydrogen) atoms. The van der Waals surface area contributed by atoms with Crippen LogP contribution in [-0.2, 0) is 6.61 Å². The molecule has 0 saturated heterocycles. The summed E-state index contributed by atoms with van der Waals surface area (Å²) in [7, 11) is 0. The smallest absolute Gasteiger partial charge is 0.543 e. The van der Waals surface area contributed by atoms with Crippen molar-refractivity contribution in [1.29, 1.82) is 0 Å². The molecule has 3 aromatic rings. The fourth-order valence-corrected chi connectivity index (χ4v) is 3.65. The van der Waals surface area contributed by atoms with Crippen molar-refractivity contribution in [2.45, 2.75) is 25.9 Å². The van der Waals surface area contributed by atoms with E-state index in [-0.39, 0.29) is 47.7 Å². The number of halogens is 1. The van der Waals surface area contributed by atoms with E-state index in [0.29, 0.717) is 17.0 Å². The molecule has 1 heterocycles. The number of hydrogen-bond donors (Lipinski definition) is 0. The van der Waals surface area contributed by atoms with Crippen LogP contribution in [0, 0.1) is 5.82 Å². The van der Waals surface area contributed by atoms with Gasteiger partial charge in [0.05, 0.1) is 17.4 Å². The summed E-state index contributed by atoms with van der Waals surface area (Å²) in [6, 6.07) is 19.1. The second-order valence-electron chi connectivity index (χ2n) is 6.88. The third-order valence-electron chi connectivity index (χ3n) is 5.04. The van der Waals surface area contributed by atoms with Gasteiger partial charge in [0.15, 0.2) is 0 Å². The van der Waals surface area contributed by atoms with E-state index in [1.807, 2.05) is 30.3 Å². The van der Waals surface area contributed by atoms with Gasteiger partial charge in [0, 0.05) is 11.1 Å². The van der Waals surface area contributed by atoms with Crippen molar-refractivity contribution >= 4 is 17.1 Å². The summed E-state index contributed by atoms with van der Waals surface area (Å²) in [5, 5.41) is 11.2. The van der Waals surface area contributed by atoms with Crippen molar-refractivity contribution < 1.29 is 48.6 Å². The van der Waals surface area contributed by atoms with Gasteiger partial charge in [0.1, 0.15) is 18.2 Å². The van der Waals surface area contributed by atoms with E-state index in [2.05, 4.69) is 4.98 Å². The summed E-state index contributed by atoms with van der Waals surface area (Å²) in [5.41, 5.74) is 4.07. The van der Waals surface area contributed by atoms with E-state index in [9.17, 15) is 14.3 Å². The molecule has 0 fully saturated rings. The van der Waals surface area contributed by atoms with Crippen LogP contribution in [-0.4, -0.2) is 11.0 Å². The van der Waals surface area contributed by atoms with Crippen molar-refractivity contribution in [3.63, 3.8) is 0 Å². The topological polar surface area (TPSA) is 62.2 Å². The number of ether oxygens (including phenoxy) is 1. The molecule has 2 aromatic carbocycles. The summed E-state index contributed by atoms with van der Waals surface area (Å²) in [6.07, 6.45) is 2.59. The van der Waals surface area contributed by atoms with Gasteiger partial charge in [-0.1, -0.05) is 42.5 Å². The van der Waals surface area contributed by atoms with Crippen molar-refractivity contribution in [3.05, 3.63) is 95.1 Å². The molecule has 0 saturated carbocycles. The Balaban J connectivity index is 0.00000256. The van der Waals surface area contributed by atoms with Crippen molar-refractivity contribution in [2.75, 3.05) is 0 Å². The number of para-hydroxylation sites is 1. The maximum atomic E-state index is 13.9. The van der Waals surface area contributed by atoms with E-state index in [0.717, 1.165) is 36.0 Å². The number of pyridine rings is 1. The molecule has 146 valence electrons. The number of aromatic nitrogens is 1. The number of carbonyl (C=O) groups is 1. The van der Waals surface area contributed by atoms with Gasteiger partial charge in [-0.15, -0.1) is 0 Å². The van der Waals surface area contributed by atoms with Gasteiger partial charge < -0.3 is 14.6 Å². The average Bonchev–Trinajstić information content (AvgIpc) is 3.23. The zero-order valence-electron chi connectivity index (χ0n) is 16.7. The predicted octanol–water partition coefficient (Wildman–Crippen LogP) is 1.26. The first-order valence-electron chi connectivity index (χ1n) is 9.50. The molecular formula is C24H19FNNaO3. The first-order chi connectivity index (χ1) is 14.1. The molecule has 1 aliphatic rings. The SMILES string of the molecule is O=C([O-])c1cccc(C2=C(c3ccccc3OCc3ccccc3F)CCC2)n1.[Na+]. The molecule has 0 atom stereocenters. The van der Waals surface area contributed by atoms with E-state index < -0.39 is 5.97 Å². The number of benzene rings is 2. The molecule has 0 N–H and O–H groups in total. The van der Waals surface area contributed by atoms with Crippen LogP contribution >= 0.6 is 0 Å². The Hall–Kier alpha value is -2.47. The summed E-state index contributed by atoms with van der Waals surface area (Å²) in [6.45, 7) is 0.130. The quantitative estimate of drug-likeness (QED) is 0.573. The zero-order valence-corrected chi connectivity index (χ0v) is 18.7. The molecule has 1 aliphatic carbocycles. The summed E-state index contributed by atoms with van der Waals surface area (Å²) in [4.78, 5) is 15.4. The van der Waals surface area contributed by atoms with E-state index in [1.54, 1.807) is 24.3 Å². The molecule has 0 radical (unpaired) electrons. The van der Waals surface area contributed by atoms with Gasteiger partial charge >= 0.3 is 29.6 Å². The summed E-state index contributed by atoms with van der Waals surface area (Å²) >= 11 is 0.